The average Bonchev–Trinajstić information content (AvgIpc) is 3.44. The highest BCUT2D eigenvalue weighted by atomic mass is 28.3. The Morgan fingerprint density at radius 2 is 0.647 bits per heavy atom. The number of rotatable bonds is 6. The quantitative estimate of drug-likeness (QED) is 0.165. The maximum atomic E-state index is 5.38. The lowest BCUT2D eigenvalue weighted by atomic mass is 9.98. The second-order valence-electron chi connectivity index (χ2n) is 13.8. The molecule has 242 valence electrons. The van der Waals surface area contributed by atoms with Crippen molar-refractivity contribution in [3.8, 4) is 78.4 Å². The van der Waals surface area contributed by atoms with Crippen LogP contribution in [0.1, 0.15) is 0 Å². The van der Waals surface area contributed by atoms with Gasteiger partial charge in [0.1, 0.15) is 8.07 Å². The van der Waals surface area contributed by atoms with Crippen molar-refractivity contribution in [2.45, 2.75) is 13.1 Å². The smallest absolute Gasteiger partial charge is 0.160 e. The Labute approximate surface area is 300 Å². The molecular weight excluding hydrogens is 633 g/mol. The van der Waals surface area contributed by atoms with E-state index in [-0.39, 0.29) is 0 Å². The molecule has 1 aliphatic rings. The summed E-state index contributed by atoms with van der Waals surface area (Å²) >= 11 is 0. The Bertz CT molecular complexity index is 2490. The largest absolute Gasteiger partial charge is 0.228 e. The SMILES string of the molecule is C[Si]1(C)c2ccccc2-c2nc(-c3ccc(-c4ccc(-c5ccccc5)cc4)cc3)nc(-c3ccc(-c4ccc(-c5ccccc5)cc4)cc3)c21. The first-order chi connectivity index (χ1) is 25.0. The summed E-state index contributed by atoms with van der Waals surface area (Å²) in [4.78, 5) is 10.7. The van der Waals surface area contributed by atoms with Crippen LogP contribution in [-0.4, -0.2) is 18.0 Å². The van der Waals surface area contributed by atoms with E-state index in [0.717, 1.165) is 28.3 Å². The minimum Gasteiger partial charge on any atom is -0.228 e. The van der Waals surface area contributed by atoms with Crippen LogP contribution < -0.4 is 10.4 Å². The van der Waals surface area contributed by atoms with E-state index in [2.05, 4.69) is 195 Å². The molecule has 0 saturated carbocycles. The second kappa shape index (κ2) is 12.6. The number of nitrogens with zero attached hydrogens (tertiary/aromatic N) is 2. The number of aromatic nitrogens is 2. The van der Waals surface area contributed by atoms with Gasteiger partial charge in [-0.15, -0.1) is 0 Å². The molecule has 0 aliphatic carbocycles. The van der Waals surface area contributed by atoms with E-state index in [1.54, 1.807) is 0 Å². The van der Waals surface area contributed by atoms with Gasteiger partial charge in [0.25, 0.3) is 0 Å². The molecule has 7 aromatic carbocycles. The van der Waals surface area contributed by atoms with Gasteiger partial charge in [-0.05, 0) is 60.4 Å². The summed E-state index contributed by atoms with van der Waals surface area (Å²) in [6.07, 6.45) is 0. The van der Waals surface area contributed by atoms with Crippen LogP contribution in [-0.2, 0) is 0 Å². The van der Waals surface area contributed by atoms with Crippen molar-refractivity contribution in [3.63, 3.8) is 0 Å². The predicted molar refractivity (Wildman–Crippen MR) is 217 cm³/mol. The van der Waals surface area contributed by atoms with Crippen LogP contribution in [0, 0.1) is 0 Å². The summed E-state index contributed by atoms with van der Waals surface area (Å²) in [5, 5.41) is 2.75. The Balaban J connectivity index is 1.08. The zero-order chi connectivity index (χ0) is 34.4. The van der Waals surface area contributed by atoms with Crippen molar-refractivity contribution in [1.82, 2.24) is 9.97 Å². The van der Waals surface area contributed by atoms with Crippen molar-refractivity contribution in [2.24, 2.45) is 0 Å². The highest BCUT2D eigenvalue weighted by Crippen LogP contribution is 2.35. The van der Waals surface area contributed by atoms with Crippen LogP contribution in [0.25, 0.3) is 78.4 Å². The molecule has 2 heterocycles. The van der Waals surface area contributed by atoms with Crippen LogP contribution in [0.2, 0.25) is 13.1 Å². The van der Waals surface area contributed by atoms with Crippen LogP contribution >= 0.6 is 0 Å². The monoisotopic (exact) mass is 668 g/mol. The third-order valence-electron chi connectivity index (χ3n) is 10.3. The maximum absolute atomic E-state index is 5.38. The molecule has 8 aromatic rings. The summed E-state index contributed by atoms with van der Waals surface area (Å²) in [5.74, 6) is 0.761. The first-order valence-electron chi connectivity index (χ1n) is 17.6. The van der Waals surface area contributed by atoms with Crippen molar-refractivity contribution < 1.29 is 0 Å². The zero-order valence-corrected chi connectivity index (χ0v) is 29.7. The molecule has 0 N–H and O–H groups in total. The molecule has 2 nitrogen and oxygen atoms in total. The minimum absolute atomic E-state index is 0.761. The summed E-state index contributed by atoms with van der Waals surface area (Å²) in [6.45, 7) is 4.87. The van der Waals surface area contributed by atoms with Gasteiger partial charge in [0, 0.05) is 11.1 Å². The number of benzene rings is 7. The fourth-order valence-electron chi connectivity index (χ4n) is 7.56. The van der Waals surface area contributed by atoms with Gasteiger partial charge >= 0.3 is 0 Å². The molecule has 1 aromatic heterocycles. The average molecular weight is 669 g/mol. The molecule has 1 aliphatic heterocycles. The van der Waals surface area contributed by atoms with E-state index < -0.39 is 8.07 Å². The maximum Gasteiger partial charge on any atom is 0.160 e. The van der Waals surface area contributed by atoms with Gasteiger partial charge in [0.15, 0.2) is 5.82 Å². The molecule has 0 bridgehead atoms. The van der Waals surface area contributed by atoms with Crippen molar-refractivity contribution in [3.05, 3.63) is 182 Å². The normalized spacial score (nSPS) is 12.7. The van der Waals surface area contributed by atoms with E-state index in [4.69, 9.17) is 9.97 Å². The first-order valence-corrected chi connectivity index (χ1v) is 20.6. The first kappa shape index (κ1) is 30.9. The molecule has 0 radical (unpaired) electrons. The van der Waals surface area contributed by atoms with Crippen LogP contribution in [0.5, 0.6) is 0 Å². The fraction of sp³-hybridized carbons (Fsp3) is 0.0417. The van der Waals surface area contributed by atoms with Gasteiger partial charge < -0.3 is 0 Å². The third-order valence-corrected chi connectivity index (χ3v) is 13.8. The molecule has 3 heteroatoms. The number of hydrogen-bond donors (Lipinski definition) is 0. The topological polar surface area (TPSA) is 25.8 Å². The Hall–Kier alpha value is -6.16. The molecule has 51 heavy (non-hydrogen) atoms. The van der Waals surface area contributed by atoms with Gasteiger partial charge in [-0.1, -0.05) is 195 Å². The highest BCUT2D eigenvalue weighted by Gasteiger charge is 2.41. The second-order valence-corrected chi connectivity index (χ2v) is 18.1. The number of fused-ring (bicyclic) bond motifs is 3. The lowest BCUT2D eigenvalue weighted by Gasteiger charge is -2.21. The van der Waals surface area contributed by atoms with Crippen molar-refractivity contribution in [1.29, 1.82) is 0 Å². The molecular formula is C48H36N2Si. The van der Waals surface area contributed by atoms with E-state index in [1.807, 2.05) is 0 Å². The minimum atomic E-state index is -2.06. The molecule has 0 spiro atoms. The molecule has 0 fully saturated rings. The van der Waals surface area contributed by atoms with Gasteiger partial charge in [-0.3, -0.25) is 0 Å². The van der Waals surface area contributed by atoms with Gasteiger partial charge in [0.05, 0.1) is 11.4 Å². The summed E-state index contributed by atoms with van der Waals surface area (Å²) in [7, 11) is -2.06. The lowest BCUT2D eigenvalue weighted by Crippen LogP contribution is -2.50. The van der Waals surface area contributed by atoms with Gasteiger partial charge in [-0.25, -0.2) is 9.97 Å². The number of hydrogen-bond acceptors (Lipinski definition) is 2. The van der Waals surface area contributed by atoms with Crippen molar-refractivity contribution >= 4 is 18.4 Å². The van der Waals surface area contributed by atoms with E-state index >= 15 is 0 Å². The summed E-state index contributed by atoms with van der Waals surface area (Å²) < 4.78 is 0. The third kappa shape index (κ3) is 5.62. The van der Waals surface area contributed by atoms with Gasteiger partial charge in [-0.2, -0.15) is 0 Å². The fourth-order valence-corrected chi connectivity index (χ4v) is 10.8. The Morgan fingerprint density at radius 1 is 0.314 bits per heavy atom. The van der Waals surface area contributed by atoms with Gasteiger partial charge in [0.2, 0.25) is 0 Å². The molecule has 0 atom stereocenters. The Morgan fingerprint density at radius 3 is 1.10 bits per heavy atom. The molecule has 0 amide bonds. The van der Waals surface area contributed by atoms with Crippen molar-refractivity contribution in [2.75, 3.05) is 0 Å². The van der Waals surface area contributed by atoms with Crippen LogP contribution in [0.4, 0.5) is 0 Å². The predicted octanol–water partition coefficient (Wildman–Crippen LogP) is 11.3. The summed E-state index contributed by atoms with van der Waals surface area (Å²) in [6, 6.07) is 65.2. The zero-order valence-electron chi connectivity index (χ0n) is 28.7. The van der Waals surface area contributed by atoms with Crippen LogP contribution in [0.15, 0.2) is 182 Å². The van der Waals surface area contributed by atoms with E-state index in [9.17, 15) is 0 Å². The standard InChI is InChI=1S/C48H36N2Si/c1-51(2)44-16-10-9-15-43(44)46-47(51)45(41-29-25-39(26-30-41)37-21-17-35(18-22-37)33-11-5-3-6-12-33)49-48(50-46)42-31-27-40(28-32-42)38-23-19-36(20-24-38)34-13-7-4-8-14-34/h3-32H,1-2H3. The Kier molecular flexibility index (Phi) is 7.64. The van der Waals surface area contributed by atoms with E-state index in [1.165, 1.54) is 60.4 Å². The van der Waals surface area contributed by atoms with Crippen LogP contribution in [0.3, 0.4) is 0 Å². The van der Waals surface area contributed by atoms with E-state index in [0.29, 0.717) is 0 Å². The highest BCUT2D eigenvalue weighted by molar-refractivity contribution is 7.04. The lowest BCUT2D eigenvalue weighted by molar-refractivity contribution is 1.20. The molecule has 0 unspecified atom stereocenters. The molecule has 0 saturated heterocycles. The summed E-state index contributed by atoms with van der Waals surface area (Å²) in [5.41, 5.74) is 15.2. The molecule has 9 rings (SSSR count).